The van der Waals surface area contributed by atoms with E-state index in [0.717, 1.165) is 31.3 Å². The Morgan fingerprint density at radius 2 is 1.61 bits per heavy atom. The van der Waals surface area contributed by atoms with Crippen LogP contribution < -0.4 is 0 Å². The lowest BCUT2D eigenvalue weighted by Crippen LogP contribution is -1.86. The Kier molecular flexibility index (Phi) is 4.65. The van der Waals surface area contributed by atoms with Crippen LogP contribution in [0, 0.1) is 4.91 Å². The maximum Gasteiger partial charge on any atom is 0.111 e. The molecule has 0 heterocycles. The van der Waals surface area contributed by atoms with Crippen molar-refractivity contribution in [1.82, 2.24) is 0 Å². The van der Waals surface area contributed by atoms with Gasteiger partial charge in [0.2, 0.25) is 0 Å². The molecule has 2 nitrogen and oxygen atoms in total. The van der Waals surface area contributed by atoms with Gasteiger partial charge >= 0.3 is 0 Å². The predicted molar refractivity (Wildman–Crippen MR) is 75.9 cm³/mol. The third-order valence-corrected chi connectivity index (χ3v) is 3.09. The highest BCUT2D eigenvalue weighted by Gasteiger charge is 2.04. The number of rotatable bonds is 1. The number of hydrogen-bond acceptors (Lipinski definition) is 2. The summed E-state index contributed by atoms with van der Waals surface area (Å²) in [6, 6.07) is 0. The molecule has 0 atom stereocenters. The second kappa shape index (κ2) is 6.70. The van der Waals surface area contributed by atoms with E-state index < -0.39 is 0 Å². The van der Waals surface area contributed by atoms with Crippen LogP contribution in [-0.4, -0.2) is 0 Å². The molecule has 0 N–H and O–H groups in total. The topological polar surface area (TPSA) is 29.4 Å². The van der Waals surface area contributed by atoms with Gasteiger partial charge < -0.3 is 0 Å². The molecule has 0 spiro atoms. The van der Waals surface area contributed by atoms with Gasteiger partial charge in [-0.3, -0.25) is 0 Å². The number of nitroso groups, excluding NO2 is 1. The molecule has 2 bridgehead atoms. The van der Waals surface area contributed by atoms with Gasteiger partial charge in [-0.1, -0.05) is 48.6 Å². The lowest BCUT2D eigenvalue weighted by molar-refractivity contribution is 0.737. The predicted octanol–water partition coefficient (Wildman–Crippen LogP) is 4.75. The fraction of sp³-hybridized carbons (Fsp3) is 0.250. The summed E-state index contributed by atoms with van der Waals surface area (Å²) in [5.41, 5.74) is 2.89. The van der Waals surface area contributed by atoms with Gasteiger partial charge in [0.1, 0.15) is 5.70 Å². The molecular formula is C16H17NO. The monoisotopic (exact) mass is 239 g/mol. The minimum Gasteiger partial charge on any atom is -0.145 e. The molecule has 0 aliphatic heterocycles. The van der Waals surface area contributed by atoms with Crippen molar-refractivity contribution in [3.05, 3.63) is 76.4 Å². The van der Waals surface area contributed by atoms with E-state index in [9.17, 15) is 4.91 Å². The summed E-state index contributed by atoms with van der Waals surface area (Å²) < 4.78 is 0. The van der Waals surface area contributed by atoms with Crippen LogP contribution in [0.2, 0.25) is 0 Å². The Hall–Kier alpha value is -1.96. The molecule has 2 aliphatic rings. The van der Waals surface area contributed by atoms with Crippen molar-refractivity contribution in [3.63, 3.8) is 0 Å². The molecule has 2 heteroatoms. The molecule has 18 heavy (non-hydrogen) atoms. The van der Waals surface area contributed by atoms with E-state index in [1.807, 2.05) is 36.5 Å². The summed E-state index contributed by atoms with van der Waals surface area (Å²) in [6.45, 7) is 0. The number of fused-ring (bicyclic) bond motifs is 2. The molecule has 92 valence electrons. The Morgan fingerprint density at radius 3 is 2.44 bits per heavy atom. The third-order valence-electron chi connectivity index (χ3n) is 3.09. The second-order valence-electron chi connectivity index (χ2n) is 4.41. The van der Waals surface area contributed by atoms with Crippen LogP contribution in [0.15, 0.2) is 76.7 Å². The van der Waals surface area contributed by atoms with Crippen LogP contribution in [0.1, 0.15) is 25.7 Å². The Bertz CT molecular complexity index is 487. The Balaban J connectivity index is 2.45. The molecular weight excluding hydrogens is 222 g/mol. The number of allylic oxidation sites excluding steroid dienone is 11. The van der Waals surface area contributed by atoms with Crippen molar-refractivity contribution >= 4 is 0 Å². The molecule has 0 unspecified atom stereocenters. The molecule has 0 amide bonds. The van der Waals surface area contributed by atoms with E-state index in [-0.39, 0.29) is 0 Å². The van der Waals surface area contributed by atoms with Crippen molar-refractivity contribution in [3.8, 4) is 0 Å². The normalized spacial score (nSPS) is 28.1. The summed E-state index contributed by atoms with van der Waals surface area (Å²) in [7, 11) is 0. The first-order valence-corrected chi connectivity index (χ1v) is 6.35. The van der Waals surface area contributed by atoms with E-state index >= 15 is 0 Å². The standard InChI is InChI=1S/C16H17NO/c18-17-16-13-4-2-1-3-8-14-9-5-6-11-15(16)12-7-10-14/h1-4,7-8,10,12-13H,5-6,9,11H2/b2-1+,3-1?,4-2?,8-3-,10-7?,12-7-,13-4?,14-8?,14-10-,15-12?,16-13?,16-15?. The van der Waals surface area contributed by atoms with Crippen LogP contribution in [0.25, 0.3) is 0 Å². The number of nitrogens with zero attached hydrogens (tertiary/aromatic N) is 1. The molecule has 0 saturated carbocycles. The van der Waals surface area contributed by atoms with Crippen LogP contribution in [0.4, 0.5) is 0 Å². The van der Waals surface area contributed by atoms with Crippen molar-refractivity contribution in [2.45, 2.75) is 25.7 Å². The second-order valence-corrected chi connectivity index (χ2v) is 4.41. The molecule has 0 aromatic rings. The summed E-state index contributed by atoms with van der Waals surface area (Å²) in [4.78, 5) is 10.9. The Labute approximate surface area is 108 Å². The van der Waals surface area contributed by atoms with Crippen molar-refractivity contribution < 1.29 is 0 Å². The van der Waals surface area contributed by atoms with E-state index in [2.05, 4.69) is 17.3 Å². The Morgan fingerprint density at radius 1 is 0.833 bits per heavy atom. The lowest BCUT2D eigenvalue weighted by Gasteiger charge is -2.02. The van der Waals surface area contributed by atoms with E-state index in [1.165, 1.54) is 5.57 Å². The average molecular weight is 239 g/mol. The maximum absolute atomic E-state index is 10.9. The van der Waals surface area contributed by atoms with Crippen molar-refractivity contribution in [1.29, 1.82) is 0 Å². The van der Waals surface area contributed by atoms with Crippen LogP contribution >= 0.6 is 0 Å². The number of hydrogen-bond donors (Lipinski definition) is 0. The molecule has 0 fully saturated rings. The van der Waals surface area contributed by atoms with Crippen LogP contribution in [0.5, 0.6) is 0 Å². The molecule has 2 rings (SSSR count). The highest BCUT2D eigenvalue weighted by molar-refractivity contribution is 5.38. The zero-order chi connectivity index (χ0) is 12.6. The van der Waals surface area contributed by atoms with Gasteiger partial charge in [0.25, 0.3) is 0 Å². The highest BCUT2D eigenvalue weighted by atomic mass is 16.3. The first-order chi connectivity index (χ1) is 8.90. The van der Waals surface area contributed by atoms with Gasteiger partial charge in [0, 0.05) is 0 Å². The summed E-state index contributed by atoms with van der Waals surface area (Å²) in [5.74, 6) is 0. The molecule has 0 radical (unpaired) electrons. The molecule has 0 aromatic carbocycles. The molecule has 0 aromatic heterocycles. The molecule has 0 saturated heterocycles. The van der Waals surface area contributed by atoms with E-state index in [4.69, 9.17) is 0 Å². The largest absolute Gasteiger partial charge is 0.145 e. The first kappa shape index (κ1) is 12.5. The average Bonchev–Trinajstić information content (AvgIpc) is 2.49. The van der Waals surface area contributed by atoms with Gasteiger partial charge in [-0.2, -0.15) is 0 Å². The van der Waals surface area contributed by atoms with Crippen molar-refractivity contribution in [2.24, 2.45) is 5.18 Å². The van der Waals surface area contributed by atoms with Crippen molar-refractivity contribution in [2.75, 3.05) is 0 Å². The van der Waals surface area contributed by atoms with Crippen LogP contribution in [0.3, 0.4) is 0 Å². The maximum atomic E-state index is 10.9. The first-order valence-electron chi connectivity index (χ1n) is 6.35. The third kappa shape index (κ3) is 3.52. The van der Waals surface area contributed by atoms with Gasteiger partial charge in [-0.05, 0) is 48.1 Å². The zero-order valence-corrected chi connectivity index (χ0v) is 10.4. The fourth-order valence-electron chi connectivity index (χ4n) is 2.10. The van der Waals surface area contributed by atoms with Crippen LogP contribution in [-0.2, 0) is 0 Å². The summed E-state index contributed by atoms with van der Waals surface area (Å²) >= 11 is 0. The van der Waals surface area contributed by atoms with E-state index in [0.29, 0.717) is 5.70 Å². The molecule has 2 aliphatic carbocycles. The van der Waals surface area contributed by atoms with Gasteiger partial charge in [0.05, 0.1) is 0 Å². The smallest absolute Gasteiger partial charge is 0.111 e. The summed E-state index contributed by atoms with van der Waals surface area (Å²) in [6.07, 6.45) is 22.1. The fourth-order valence-corrected chi connectivity index (χ4v) is 2.10. The van der Waals surface area contributed by atoms with E-state index in [1.54, 1.807) is 6.08 Å². The SMILES string of the molecule is O=NC1=C2\C=C/C=C(/C=C\C=C\C=C1)CCCC2. The highest BCUT2D eigenvalue weighted by Crippen LogP contribution is 2.21. The minimum atomic E-state index is 0.539. The quantitative estimate of drug-likeness (QED) is 0.607. The summed E-state index contributed by atoms with van der Waals surface area (Å²) in [5, 5.41) is 3.14. The lowest BCUT2D eigenvalue weighted by atomic mass is 10.0. The van der Waals surface area contributed by atoms with Gasteiger partial charge in [-0.25, -0.2) is 0 Å². The van der Waals surface area contributed by atoms with Gasteiger partial charge in [0.15, 0.2) is 0 Å². The zero-order valence-electron chi connectivity index (χ0n) is 10.4. The van der Waals surface area contributed by atoms with Gasteiger partial charge in [-0.15, -0.1) is 4.91 Å². The minimum absolute atomic E-state index is 0.539.